The normalized spacial score (nSPS) is 12.6. The molecule has 0 spiro atoms. The van der Waals surface area contributed by atoms with Gasteiger partial charge in [-0.3, -0.25) is 0 Å². The number of nitrogens with zero attached hydrogens (tertiary/aromatic N) is 2. The standard InChI is InChI=1S/C16H23N3/c1-4-17-15(16-18-10-11-19(16)3)9-8-14-7-5-6-13(2)12-14/h5-7,10-12,15,17H,4,8-9H2,1-3H3. The van der Waals surface area contributed by atoms with Gasteiger partial charge < -0.3 is 9.88 Å². The van der Waals surface area contributed by atoms with Gasteiger partial charge in [-0.05, 0) is 31.9 Å². The molecular formula is C16H23N3. The SMILES string of the molecule is CCNC(CCc1cccc(C)c1)c1nccn1C. The number of hydrogen-bond donors (Lipinski definition) is 1. The van der Waals surface area contributed by atoms with Crippen LogP contribution in [-0.2, 0) is 13.5 Å². The summed E-state index contributed by atoms with van der Waals surface area (Å²) in [6, 6.07) is 9.07. The summed E-state index contributed by atoms with van der Waals surface area (Å²) in [5.74, 6) is 1.12. The molecule has 1 N–H and O–H groups in total. The van der Waals surface area contributed by atoms with Gasteiger partial charge in [0.2, 0.25) is 0 Å². The van der Waals surface area contributed by atoms with E-state index in [1.807, 2.05) is 12.4 Å². The summed E-state index contributed by atoms with van der Waals surface area (Å²) in [6.07, 6.45) is 6.02. The first-order valence-electron chi connectivity index (χ1n) is 6.97. The number of nitrogens with one attached hydrogen (secondary N) is 1. The minimum atomic E-state index is 0.325. The van der Waals surface area contributed by atoms with Crippen LogP contribution in [0.1, 0.15) is 36.3 Å². The van der Waals surface area contributed by atoms with E-state index in [0.717, 1.165) is 25.2 Å². The first-order chi connectivity index (χ1) is 9.20. The molecule has 1 heterocycles. The molecule has 19 heavy (non-hydrogen) atoms. The lowest BCUT2D eigenvalue weighted by Gasteiger charge is -2.17. The number of aromatic nitrogens is 2. The maximum absolute atomic E-state index is 4.47. The molecule has 1 atom stereocenters. The number of hydrogen-bond acceptors (Lipinski definition) is 2. The van der Waals surface area contributed by atoms with E-state index < -0.39 is 0 Å². The number of imidazole rings is 1. The molecule has 0 radical (unpaired) electrons. The van der Waals surface area contributed by atoms with Crippen molar-refractivity contribution >= 4 is 0 Å². The Morgan fingerprint density at radius 1 is 1.37 bits per heavy atom. The van der Waals surface area contributed by atoms with Crippen LogP contribution in [0.2, 0.25) is 0 Å². The zero-order valence-electron chi connectivity index (χ0n) is 12.1. The van der Waals surface area contributed by atoms with E-state index in [9.17, 15) is 0 Å². The Morgan fingerprint density at radius 2 is 2.21 bits per heavy atom. The molecule has 0 saturated heterocycles. The second kappa shape index (κ2) is 6.53. The van der Waals surface area contributed by atoms with E-state index in [2.05, 4.69) is 60.0 Å². The third kappa shape index (κ3) is 3.67. The molecule has 0 bridgehead atoms. The highest BCUT2D eigenvalue weighted by molar-refractivity contribution is 5.22. The van der Waals surface area contributed by atoms with Crippen molar-refractivity contribution in [3.63, 3.8) is 0 Å². The highest BCUT2D eigenvalue weighted by atomic mass is 15.1. The predicted octanol–water partition coefficient (Wildman–Crippen LogP) is 3.01. The van der Waals surface area contributed by atoms with Crippen LogP contribution >= 0.6 is 0 Å². The Labute approximate surface area is 115 Å². The summed E-state index contributed by atoms with van der Waals surface area (Å²) in [6.45, 7) is 5.25. The maximum atomic E-state index is 4.47. The van der Waals surface area contributed by atoms with Gasteiger partial charge in [0.1, 0.15) is 5.82 Å². The average Bonchev–Trinajstić information content (AvgIpc) is 2.81. The van der Waals surface area contributed by atoms with Crippen molar-refractivity contribution in [2.45, 2.75) is 32.7 Å². The molecule has 2 rings (SSSR count). The van der Waals surface area contributed by atoms with E-state index >= 15 is 0 Å². The molecule has 1 aromatic carbocycles. The Kier molecular flexibility index (Phi) is 4.74. The molecule has 2 aromatic rings. The first-order valence-corrected chi connectivity index (χ1v) is 6.97. The molecule has 0 saturated carbocycles. The quantitative estimate of drug-likeness (QED) is 0.862. The van der Waals surface area contributed by atoms with Crippen LogP contribution in [0, 0.1) is 6.92 Å². The van der Waals surface area contributed by atoms with Crippen LogP contribution in [0.25, 0.3) is 0 Å². The Morgan fingerprint density at radius 3 is 2.84 bits per heavy atom. The van der Waals surface area contributed by atoms with Gasteiger partial charge in [-0.2, -0.15) is 0 Å². The fourth-order valence-electron chi connectivity index (χ4n) is 2.46. The molecule has 1 aromatic heterocycles. The average molecular weight is 257 g/mol. The molecule has 0 aliphatic heterocycles. The largest absolute Gasteiger partial charge is 0.337 e. The zero-order chi connectivity index (χ0) is 13.7. The van der Waals surface area contributed by atoms with Crippen molar-refractivity contribution in [1.29, 1.82) is 0 Å². The Balaban J connectivity index is 2.04. The molecule has 0 aliphatic carbocycles. The van der Waals surface area contributed by atoms with Crippen molar-refractivity contribution in [3.05, 3.63) is 53.6 Å². The smallest absolute Gasteiger partial charge is 0.125 e. The predicted molar refractivity (Wildman–Crippen MR) is 79.1 cm³/mol. The second-order valence-electron chi connectivity index (χ2n) is 5.03. The van der Waals surface area contributed by atoms with Gasteiger partial charge >= 0.3 is 0 Å². The molecule has 0 fully saturated rings. The monoisotopic (exact) mass is 257 g/mol. The van der Waals surface area contributed by atoms with E-state index in [1.165, 1.54) is 11.1 Å². The first kappa shape index (κ1) is 13.8. The van der Waals surface area contributed by atoms with E-state index in [0.29, 0.717) is 6.04 Å². The molecule has 3 nitrogen and oxygen atoms in total. The van der Waals surface area contributed by atoms with Crippen molar-refractivity contribution in [1.82, 2.24) is 14.9 Å². The van der Waals surface area contributed by atoms with Crippen LogP contribution in [-0.4, -0.2) is 16.1 Å². The molecule has 3 heteroatoms. The molecule has 102 valence electrons. The molecule has 0 aliphatic rings. The third-order valence-corrected chi connectivity index (χ3v) is 3.42. The van der Waals surface area contributed by atoms with Gasteiger partial charge in [-0.25, -0.2) is 4.98 Å². The summed E-state index contributed by atoms with van der Waals surface area (Å²) in [4.78, 5) is 4.47. The molecular weight excluding hydrogens is 234 g/mol. The van der Waals surface area contributed by atoms with Crippen molar-refractivity contribution in [2.24, 2.45) is 7.05 Å². The highest BCUT2D eigenvalue weighted by Gasteiger charge is 2.14. The Bertz CT molecular complexity index is 516. The van der Waals surface area contributed by atoms with Crippen LogP contribution in [0.15, 0.2) is 36.7 Å². The second-order valence-corrected chi connectivity index (χ2v) is 5.03. The van der Waals surface area contributed by atoms with Crippen LogP contribution in [0.4, 0.5) is 0 Å². The van der Waals surface area contributed by atoms with Crippen LogP contribution in [0.3, 0.4) is 0 Å². The van der Waals surface area contributed by atoms with Gasteiger partial charge in [0.05, 0.1) is 6.04 Å². The topological polar surface area (TPSA) is 29.9 Å². The number of benzene rings is 1. The fraction of sp³-hybridized carbons (Fsp3) is 0.438. The minimum Gasteiger partial charge on any atom is -0.337 e. The van der Waals surface area contributed by atoms with Gasteiger partial charge in [-0.1, -0.05) is 36.8 Å². The van der Waals surface area contributed by atoms with Crippen molar-refractivity contribution in [2.75, 3.05) is 6.54 Å². The van der Waals surface area contributed by atoms with E-state index in [1.54, 1.807) is 0 Å². The highest BCUT2D eigenvalue weighted by Crippen LogP contribution is 2.17. The summed E-state index contributed by atoms with van der Waals surface area (Å²) in [5, 5.41) is 3.53. The zero-order valence-corrected chi connectivity index (χ0v) is 12.1. The van der Waals surface area contributed by atoms with Crippen LogP contribution in [0.5, 0.6) is 0 Å². The molecule has 1 unspecified atom stereocenters. The molecule has 0 amide bonds. The van der Waals surface area contributed by atoms with E-state index in [-0.39, 0.29) is 0 Å². The van der Waals surface area contributed by atoms with Crippen LogP contribution < -0.4 is 5.32 Å². The maximum Gasteiger partial charge on any atom is 0.125 e. The lowest BCUT2D eigenvalue weighted by molar-refractivity contribution is 0.478. The summed E-state index contributed by atoms with van der Waals surface area (Å²) in [5.41, 5.74) is 2.73. The van der Waals surface area contributed by atoms with Gasteiger partial charge in [-0.15, -0.1) is 0 Å². The van der Waals surface area contributed by atoms with Crippen molar-refractivity contribution in [3.8, 4) is 0 Å². The Hall–Kier alpha value is -1.61. The van der Waals surface area contributed by atoms with E-state index in [4.69, 9.17) is 0 Å². The summed E-state index contributed by atoms with van der Waals surface area (Å²) < 4.78 is 2.10. The number of rotatable bonds is 6. The van der Waals surface area contributed by atoms with Gasteiger partial charge in [0, 0.05) is 19.4 Å². The summed E-state index contributed by atoms with van der Waals surface area (Å²) >= 11 is 0. The fourth-order valence-corrected chi connectivity index (χ4v) is 2.46. The number of aryl methyl sites for hydroxylation is 3. The lowest BCUT2D eigenvalue weighted by atomic mass is 10.0. The summed E-state index contributed by atoms with van der Waals surface area (Å²) in [7, 11) is 2.05. The third-order valence-electron chi connectivity index (χ3n) is 3.42. The minimum absolute atomic E-state index is 0.325. The van der Waals surface area contributed by atoms with Gasteiger partial charge in [0.15, 0.2) is 0 Å². The van der Waals surface area contributed by atoms with Gasteiger partial charge in [0.25, 0.3) is 0 Å². The lowest BCUT2D eigenvalue weighted by Crippen LogP contribution is -2.24. The van der Waals surface area contributed by atoms with Crippen molar-refractivity contribution < 1.29 is 0 Å².